The second kappa shape index (κ2) is 14.8. The van der Waals surface area contributed by atoms with Crippen molar-refractivity contribution >= 4 is 35.6 Å². The highest BCUT2D eigenvalue weighted by Gasteiger charge is 2.11. The van der Waals surface area contributed by atoms with Crippen LogP contribution in [0.1, 0.15) is 26.2 Å². The molecule has 27 heavy (non-hydrogen) atoms. The van der Waals surface area contributed by atoms with Gasteiger partial charge in [-0.15, -0.1) is 24.0 Å². The largest absolute Gasteiger partial charge is 0.490 e. The Labute approximate surface area is 179 Å². The zero-order chi connectivity index (χ0) is 18.5. The van der Waals surface area contributed by atoms with Crippen molar-refractivity contribution < 1.29 is 18.9 Å². The maximum absolute atomic E-state index is 5.75. The monoisotopic (exact) mass is 493 g/mol. The molecule has 0 atom stereocenters. The van der Waals surface area contributed by atoms with E-state index in [0.29, 0.717) is 33.0 Å². The molecule has 1 aliphatic heterocycles. The molecule has 0 saturated heterocycles. The molecule has 0 unspecified atom stereocenters. The number of ether oxygens (including phenoxy) is 4. The Morgan fingerprint density at radius 1 is 1.15 bits per heavy atom. The molecule has 0 fully saturated rings. The van der Waals surface area contributed by atoms with Crippen LogP contribution in [-0.2, 0) is 9.47 Å². The number of aliphatic imine (C=N–C) groups is 1. The number of hydrogen-bond donors (Lipinski definition) is 2. The molecule has 1 aromatic carbocycles. The van der Waals surface area contributed by atoms with Gasteiger partial charge in [0, 0.05) is 45.0 Å². The topological polar surface area (TPSA) is 73.3 Å². The van der Waals surface area contributed by atoms with E-state index in [4.69, 9.17) is 18.9 Å². The Morgan fingerprint density at radius 3 is 2.74 bits per heavy atom. The molecule has 1 aliphatic rings. The van der Waals surface area contributed by atoms with Gasteiger partial charge in [-0.05, 0) is 25.0 Å². The first-order valence-electron chi connectivity index (χ1n) is 9.35. The molecule has 0 spiro atoms. The molecule has 0 aliphatic carbocycles. The number of methoxy groups -OCH3 is 1. The summed E-state index contributed by atoms with van der Waals surface area (Å²) in [5.41, 5.74) is 0.924. The maximum Gasteiger partial charge on any atom is 0.195 e. The summed E-state index contributed by atoms with van der Waals surface area (Å²) in [5.74, 6) is 2.33. The summed E-state index contributed by atoms with van der Waals surface area (Å²) < 4.78 is 21.8. The second-order valence-corrected chi connectivity index (χ2v) is 5.95. The normalized spacial score (nSPS) is 13.5. The minimum absolute atomic E-state index is 0. The van der Waals surface area contributed by atoms with Crippen LogP contribution in [0, 0.1) is 0 Å². The third-order valence-electron chi connectivity index (χ3n) is 3.69. The first kappa shape index (κ1) is 23.8. The SMILES string of the molecule is CCCN=C(NCCCOCCOC)Nc1ccc2c(c1)OCCCO2.I. The lowest BCUT2D eigenvalue weighted by Crippen LogP contribution is -2.32. The lowest BCUT2D eigenvalue weighted by Gasteiger charge is -2.14. The molecule has 1 aromatic rings. The van der Waals surface area contributed by atoms with Gasteiger partial charge in [0.05, 0.1) is 26.4 Å². The Balaban J connectivity index is 0.00000364. The highest BCUT2D eigenvalue weighted by molar-refractivity contribution is 14.0. The van der Waals surface area contributed by atoms with E-state index < -0.39 is 0 Å². The number of nitrogens with one attached hydrogen (secondary N) is 2. The number of nitrogens with zero attached hydrogens (tertiary/aromatic N) is 1. The third kappa shape index (κ3) is 9.48. The highest BCUT2D eigenvalue weighted by atomic mass is 127. The van der Waals surface area contributed by atoms with Gasteiger partial charge < -0.3 is 29.6 Å². The van der Waals surface area contributed by atoms with Crippen molar-refractivity contribution in [1.29, 1.82) is 0 Å². The van der Waals surface area contributed by atoms with Gasteiger partial charge >= 0.3 is 0 Å². The van der Waals surface area contributed by atoms with E-state index in [1.165, 1.54) is 0 Å². The average molecular weight is 493 g/mol. The van der Waals surface area contributed by atoms with Crippen LogP contribution in [0.4, 0.5) is 5.69 Å². The smallest absolute Gasteiger partial charge is 0.195 e. The van der Waals surface area contributed by atoms with Crippen molar-refractivity contribution in [2.24, 2.45) is 4.99 Å². The number of hydrogen-bond acceptors (Lipinski definition) is 5. The lowest BCUT2D eigenvalue weighted by atomic mass is 10.2. The molecule has 154 valence electrons. The summed E-state index contributed by atoms with van der Waals surface area (Å²) in [6, 6.07) is 5.87. The summed E-state index contributed by atoms with van der Waals surface area (Å²) >= 11 is 0. The van der Waals surface area contributed by atoms with E-state index in [9.17, 15) is 0 Å². The van der Waals surface area contributed by atoms with Crippen LogP contribution in [0.3, 0.4) is 0 Å². The van der Waals surface area contributed by atoms with Gasteiger partial charge in [-0.25, -0.2) is 0 Å². The average Bonchev–Trinajstić information content (AvgIpc) is 2.90. The summed E-state index contributed by atoms with van der Waals surface area (Å²) in [4.78, 5) is 4.58. The van der Waals surface area contributed by atoms with Gasteiger partial charge in [0.25, 0.3) is 0 Å². The number of guanidine groups is 1. The zero-order valence-electron chi connectivity index (χ0n) is 16.3. The molecule has 0 radical (unpaired) electrons. The van der Waals surface area contributed by atoms with E-state index in [-0.39, 0.29) is 24.0 Å². The van der Waals surface area contributed by atoms with E-state index in [1.807, 2.05) is 18.2 Å². The fraction of sp³-hybridized carbons (Fsp3) is 0.632. The van der Waals surface area contributed by atoms with Gasteiger partial charge in [0.1, 0.15) is 0 Å². The first-order valence-corrected chi connectivity index (χ1v) is 9.35. The Morgan fingerprint density at radius 2 is 1.96 bits per heavy atom. The number of fused-ring (bicyclic) bond motifs is 1. The predicted octanol–water partition coefficient (Wildman–Crippen LogP) is 3.29. The van der Waals surface area contributed by atoms with Crippen molar-refractivity contribution in [3.63, 3.8) is 0 Å². The molecule has 1 heterocycles. The number of anilines is 1. The zero-order valence-corrected chi connectivity index (χ0v) is 18.6. The summed E-state index contributed by atoms with van der Waals surface area (Å²) in [6.07, 6.45) is 2.79. The number of halogens is 1. The molecule has 8 heteroatoms. The van der Waals surface area contributed by atoms with Crippen LogP contribution in [0.15, 0.2) is 23.2 Å². The van der Waals surface area contributed by atoms with Crippen LogP contribution in [0.5, 0.6) is 11.5 Å². The van der Waals surface area contributed by atoms with Crippen molar-refractivity contribution in [2.45, 2.75) is 26.2 Å². The molecular formula is C19H32IN3O4. The molecular weight excluding hydrogens is 461 g/mol. The number of benzene rings is 1. The highest BCUT2D eigenvalue weighted by Crippen LogP contribution is 2.32. The van der Waals surface area contributed by atoms with Crippen molar-refractivity contribution in [3.05, 3.63) is 18.2 Å². The van der Waals surface area contributed by atoms with Crippen LogP contribution in [0.25, 0.3) is 0 Å². The fourth-order valence-corrected chi connectivity index (χ4v) is 2.37. The van der Waals surface area contributed by atoms with Gasteiger partial charge in [-0.1, -0.05) is 6.92 Å². The van der Waals surface area contributed by atoms with Crippen molar-refractivity contribution in [2.75, 3.05) is 58.6 Å². The summed E-state index contributed by atoms with van der Waals surface area (Å²) in [5, 5.41) is 6.68. The molecule has 0 aromatic heterocycles. The summed E-state index contributed by atoms with van der Waals surface area (Å²) in [6.45, 7) is 6.98. The minimum Gasteiger partial charge on any atom is -0.490 e. The lowest BCUT2D eigenvalue weighted by molar-refractivity contribution is 0.0699. The Kier molecular flexibility index (Phi) is 13.0. The Hall–Kier alpha value is -1.26. The van der Waals surface area contributed by atoms with Crippen LogP contribution < -0.4 is 20.1 Å². The molecule has 2 rings (SSSR count). The third-order valence-corrected chi connectivity index (χ3v) is 3.69. The molecule has 2 N–H and O–H groups in total. The van der Waals surface area contributed by atoms with Crippen molar-refractivity contribution in [1.82, 2.24) is 5.32 Å². The van der Waals surface area contributed by atoms with Crippen LogP contribution >= 0.6 is 24.0 Å². The van der Waals surface area contributed by atoms with Gasteiger partial charge in [-0.3, -0.25) is 4.99 Å². The van der Waals surface area contributed by atoms with E-state index >= 15 is 0 Å². The van der Waals surface area contributed by atoms with E-state index in [2.05, 4.69) is 22.5 Å². The molecule has 0 amide bonds. The summed E-state index contributed by atoms with van der Waals surface area (Å²) in [7, 11) is 1.67. The fourth-order valence-electron chi connectivity index (χ4n) is 2.37. The Bertz CT molecular complexity index is 558. The van der Waals surface area contributed by atoms with Gasteiger partial charge in [-0.2, -0.15) is 0 Å². The maximum atomic E-state index is 5.75. The van der Waals surface area contributed by atoms with E-state index in [1.54, 1.807) is 7.11 Å². The quantitative estimate of drug-likeness (QED) is 0.226. The number of rotatable bonds is 10. The van der Waals surface area contributed by atoms with Crippen molar-refractivity contribution in [3.8, 4) is 11.5 Å². The first-order chi connectivity index (χ1) is 12.8. The van der Waals surface area contributed by atoms with Gasteiger partial charge in [0.2, 0.25) is 0 Å². The molecule has 0 bridgehead atoms. The molecule has 7 nitrogen and oxygen atoms in total. The van der Waals surface area contributed by atoms with Crippen LogP contribution in [0.2, 0.25) is 0 Å². The molecule has 0 saturated carbocycles. The van der Waals surface area contributed by atoms with E-state index in [0.717, 1.165) is 55.5 Å². The minimum atomic E-state index is 0. The second-order valence-electron chi connectivity index (χ2n) is 5.95. The predicted molar refractivity (Wildman–Crippen MR) is 119 cm³/mol. The standard InChI is InChI=1S/C19H31N3O4.HI/c1-3-8-20-19(21-9-4-10-24-14-13-23-2)22-16-6-7-17-18(15-16)26-12-5-11-25-17;/h6-7,15H,3-5,8-14H2,1-2H3,(H2,20,21,22);1H. The van der Waals surface area contributed by atoms with Crippen LogP contribution in [-0.4, -0.2) is 59.2 Å². The van der Waals surface area contributed by atoms with Gasteiger partial charge in [0.15, 0.2) is 17.5 Å².